The third kappa shape index (κ3) is 2.59. The van der Waals surface area contributed by atoms with Crippen LogP contribution in [0, 0.1) is 5.41 Å². The van der Waals surface area contributed by atoms with Gasteiger partial charge in [-0.1, -0.05) is 11.3 Å². The van der Waals surface area contributed by atoms with Gasteiger partial charge in [-0.3, -0.25) is 5.41 Å². The molecule has 4 aromatic rings. The minimum absolute atomic E-state index is 0.0935. The van der Waals surface area contributed by atoms with Gasteiger partial charge in [0.15, 0.2) is 0 Å². The molecule has 24 heavy (non-hydrogen) atoms. The van der Waals surface area contributed by atoms with Crippen molar-refractivity contribution in [2.24, 2.45) is 12.8 Å². The summed E-state index contributed by atoms with van der Waals surface area (Å²) in [6.07, 6.45) is 0. The fraction of sp³-hybridized carbons (Fsp3) is 0.118. The smallest absolute Gasteiger partial charge is 0.133 e. The van der Waals surface area contributed by atoms with Gasteiger partial charge in [-0.15, -0.1) is 16.4 Å². The molecule has 7 heteroatoms. The molecule has 0 bridgehead atoms. The number of nitrogens with two attached hydrogens (primary N) is 1. The summed E-state index contributed by atoms with van der Waals surface area (Å²) in [6.45, 7) is 0.461. The van der Waals surface area contributed by atoms with E-state index < -0.39 is 0 Å². The molecule has 0 radical (unpaired) electrons. The maximum atomic E-state index is 7.53. The number of hydrogen-bond acceptors (Lipinski definition) is 5. The minimum Gasteiger partial charge on any atom is -0.489 e. The summed E-state index contributed by atoms with van der Waals surface area (Å²) in [5.41, 5.74) is 8.44. The lowest BCUT2D eigenvalue weighted by Crippen LogP contribution is -2.08. The van der Waals surface area contributed by atoms with Gasteiger partial charge >= 0.3 is 0 Å². The van der Waals surface area contributed by atoms with E-state index >= 15 is 0 Å². The number of aryl methyl sites for hydroxylation is 1. The third-order valence-corrected chi connectivity index (χ3v) is 4.97. The van der Waals surface area contributed by atoms with Crippen LogP contribution < -0.4 is 10.5 Å². The van der Waals surface area contributed by atoms with E-state index in [0.29, 0.717) is 6.61 Å². The Kier molecular flexibility index (Phi) is 3.42. The van der Waals surface area contributed by atoms with Gasteiger partial charge in [0.1, 0.15) is 23.7 Å². The van der Waals surface area contributed by atoms with Crippen LogP contribution in [0.4, 0.5) is 0 Å². The molecule has 0 unspecified atom stereocenters. The summed E-state index contributed by atoms with van der Waals surface area (Å²) >= 11 is 1.50. The van der Waals surface area contributed by atoms with Crippen LogP contribution in [-0.2, 0) is 13.7 Å². The zero-order chi connectivity index (χ0) is 16.7. The van der Waals surface area contributed by atoms with Crippen LogP contribution >= 0.6 is 11.3 Å². The summed E-state index contributed by atoms with van der Waals surface area (Å²) in [5, 5.41) is 16.7. The van der Waals surface area contributed by atoms with Crippen molar-refractivity contribution in [1.82, 2.24) is 15.0 Å². The van der Waals surface area contributed by atoms with Crippen LogP contribution in [0.1, 0.15) is 10.4 Å². The van der Waals surface area contributed by atoms with E-state index in [2.05, 4.69) is 10.3 Å². The van der Waals surface area contributed by atoms with Crippen LogP contribution in [0.25, 0.3) is 21.1 Å². The number of hydrogen-bond donors (Lipinski definition) is 2. The molecule has 0 aliphatic rings. The Morgan fingerprint density at radius 3 is 2.96 bits per heavy atom. The molecule has 2 aromatic heterocycles. The van der Waals surface area contributed by atoms with Gasteiger partial charge < -0.3 is 10.5 Å². The lowest BCUT2D eigenvalue weighted by Gasteiger charge is -2.06. The summed E-state index contributed by atoms with van der Waals surface area (Å²) in [7, 11) is 1.87. The summed E-state index contributed by atoms with van der Waals surface area (Å²) < 4.78 is 8.70. The molecule has 3 N–H and O–H groups in total. The fourth-order valence-corrected chi connectivity index (χ4v) is 3.53. The molecule has 2 aromatic carbocycles. The Balaban J connectivity index is 1.55. The molecular weight excluding hydrogens is 322 g/mol. The highest BCUT2D eigenvalue weighted by Crippen LogP contribution is 2.29. The second kappa shape index (κ2) is 5.61. The first-order valence-corrected chi connectivity index (χ1v) is 8.21. The van der Waals surface area contributed by atoms with Crippen molar-refractivity contribution < 1.29 is 4.74 Å². The summed E-state index contributed by atoms with van der Waals surface area (Å²) in [6, 6.07) is 13.8. The van der Waals surface area contributed by atoms with Crippen molar-refractivity contribution in [3.05, 3.63) is 52.9 Å². The largest absolute Gasteiger partial charge is 0.489 e. The van der Waals surface area contributed by atoms with E-state index in [-0.39, 0.29) is 5.84 Å². The highest BCUT2D eigenvalue weighted by molar-refractivity contribution is 7.20. The SMILES string of the molecule is Cn1nnc2cc(COc3ccc4cc(C(=N)N)sc4c3)ccc21. The molecule has 0 fully saturated rings. The Bertz CT molecular complexity index is 1070. The molecule has 6 nitrogen and oxygen atoms in total. The number of amidine groups is 1. The van der Waals surface area contributed by atoms with Crippen molar-refractivity contribution in [1.29, 1.82) is 5.41 Å². The number of aromatic nitrogens is 3. The van der Waals surface area contributed by atoms with Crippen molar-refractivity contribution >= 4 is 38.3 Å². The number of nitrogens with one attached hydrogen (secondary N) is 1. The van der Waals surface area contributed by atoms with Crippen molar-refractivity contribution in [2.75, 3.05) is 0 Å². The predicted octanol–water partition coefficient (Wildman–Crippen LogP) is 3.05. The molecule has 4 rings (SSSR count). The minimum atomic E-state index is 0.0935. The number of ether oxygens (including phenoxy) is 1. The second-order valence-corrected chi connectivity index (χ2v) is 6.63. The van der Waals surface area contributed by atoms with Crippen LogP contribution in [0.5, 0.6) is 5.75 Å². The van der Waals surface area contributed by atoms with Gasteiger partial charge in [0, 0.05) is 11.7 Å². The quantitative estimate of drug-likeness (QED) is 0.442. The van der Waals surface area contributed by atoms with Gasteiger partial charge in [0.25, 0.3) is 0 Å². The maximum absolute atomic E-state index is 7.53. The zero-order valence-corrected chi connectivity index (χ0v) is 13.8. The molecule has 0 spiro atoms. The van der Waals surface area contributed by atoms with Crippen LogP contribution in [-0.4, -0.2) is 20.8 Å². The van der Waals surface area contributed by atoms with Crippen molar-refractivity contribution in [3.63, 3.8) is 0 Å². The molecular formula is C17H15N5OS. The molecule has 0 atom stereocenters. The Morgan fingerprint density at radius 1 is 1.25 bits per heavy atom. The number of rotatable bonds is 4. The highest BCUT2D eigenvalue weighted by atomic mass is 32.1. The first kappa shape index (κ1) is 14.6. The van der Waals surface area contributed by atoms with Crippen molar-refractivity contribution in [2.45, 2.75) is 6.61 Å². The Morgan fingerprint density at radius 2 is 2.12 bits per heavy atom. The van der Waals surface area contributed by atoms with Crippen LogP contribution in [0.15, 0.2) is 42.5 Å². The number of nitrogen functional groups attached to an aromatic ring is 1. The van der Waals surface area contributed by atoms with Gasteiger partial charge in [-0.05, 0) is 47.3 Å². The van der Waals surface area contributed by atoms with E-state index in [4.69, 9.17) is 15.9 Å². The van der Waals surface area contributed by atoms with Gasteiger partial charge in [0.2, 0.25) is 0 Å². The maximum Gasteiger partial charge on any atom is 0.133 e. The molecule has 0 saturated carbocycles. The number of benzene rings is 2. The summed E-state index contributed by atoms with van der Waals surface area (Å²) in [4.78, 5) is 0.773. The van der Waals surface area contributed by atoms with Gasteiger partial charge in [-0.25, -0.2) is 4.68 Å². The molecule has 0 amide bonds. The van der Waals surface area contributed by atoms with E-state index in [1.54, 1.807) is 4.68 Å². The van der Waals surface area contributed by atoms with E-state index in [9.17, 15) is 0 Å². The fourth-order valence-electron chi connectivity index (χ4n) is 2.58. The first-order chi connectivity index (χ1) is 11.6. The number of fused-ring (bicyclic) bond motifs is 2. The number of nitrogens with zero attached hydrogens (tertiary/aromatic N) is 3. The normalized spacial score (nSPS) is 11.2. The monoisotopic (exact) mass is 337 g/mol. The van der Waals surface area contributed by atoms with E-state index in [1.807, 2.05) is 49.5 Å². The van der Waals surface area contributed by atoms with Gasteiger partial charge in [-0.2, -0.15) is 0 Å². The number of thiophene rings is 1. The third-order valence-electron chi connectivity index (χ3n) is 3.84. The van der Waals surface area contributed by atoms with Crippen molar-refractivity contribution in [3.8, 4) is 5.75 Å². The average Bonchev–Trinajstić information content (AvgIpc) is 3.16. The summed E-state index contributed by atoms with van der Waals surface area (Å²) in [5.74, 6) is 0.884. The molecule has 0 saturated heterocycles. The lowest BCUT2D eigenvalue weighted by molar-refractivity contribution is 0.307. The highest BCUT2D eigenvalue weighted by Gasteiger charge is 2.07. The van der Waals surface area contributed by atoms with E-state index in [0.717, 1.165) is 37.3 Å². The Labute approximate surface area is 142 Å². The molecule has 0 aliphatic heterocycles. The average molecular weight is 337 g/mol. The second-order valence-electron chi connectivity index (χ2n) is 5.55. The Hall–Kier alpha value is -2.93. The standard InChI is InChI=1S/C17H15N5OS/c1-22-14-5-2-10(6-13(14)20-21-22)9-23-12-4-3-11-7-16(17(18)19)24-15(11)8-12/h2-8H,9H2,1H3,(H3,18,19). The van der Waals surface area contributed by atoms with Gasteiger partial charge in [0.05, 0.1) is 10.4 Å². The lowest BCUT2D eigenvalue weighted by atomic mass is 10.2. The zero-order valence-electron chi connectivity index (χ0n) is 13.0. The van der Waals surface area contributed by atoms with E-state index in [1.165, 1.54) is 11.3 Å². The van der Waals surface area contributed by atoms with Crippen LogP contribution in [0.3, 0.4) is 0 Å². The molecule has 2 heterocycles. The topological polar surface area (TPSA) is 89.8 Å². The molecule has 120 valence electrons. The predicted molar refractivity (Wildman–Crippen MR) is 95.7 cm³/mol. The molecule has 0 aliphatic carbocycles. The van der Waals surface area contributed by atoms with Crippen LogP contribution in [0.2, 0.25) is 0 Å². The first-order valence-electron chi connectivity index (χ1n) is 7.39.